The monoisotopic (exact) mass is 511 g/mol. The summed E-state index contributed by atoms with van der Waals surface area (Å²) in [5.74, 6) is -4.52. The summed E-state index contributed by atoms with van der Waals surface area (Å²) >= 11 is 0. The quantitative estimate of drug-likeness (QED) is 0.213. The van der Waals surface area contributed by atoms with Crippen LogP contribution in [-0.2, 0) is 6.54 Å². The van der Waals surface area contributed by atoms with Gasteiger partial charge in [0.2, 0.25) is 0 Å². The lowest BCUT2D eigenvalue weighted by Gasteiger charge is -2.15. The summed E-state index contributed by atoms with van der Waals surface area (Å²) in [6, 6.07) is 5.29. The Hall–Kier alpha value is -2.24. The van der Waals surface area contributed by atoms with E-state index >= 15 is 0 Å². The van der Waals surface area contributed by atoms with Crippen molar-refractivity contribution in [1.29, 1.82) is 0 Å². The molecule has 2 N–H and O–H groups in total. The van der Waals surface area contributed by atoms with Crippen LogP contribution < -0.4 is 20.1 Å². The number of hydrogen-bond acceptors (Lipinski definition) is 3. The van der Waals surface area contributed by atoms with E-state index in [-0.39, 0.29) is 36.0 Å². The number of nitrogens with one attached hydrogen (secondary N) is 2. The minimum absolute atomic E-state index is 0. The number of halogens is 5. The highest BCUT2D eigenvalue weighted by Gasteiger charge is 2.19. The van der Waals surface area contributed by atoms with E-state index in [0.29, 0.717) is 30.4 Å². The lowest BCUT2D eigenvalue weighted by Crippen LogP contribution is -2.31. The summed E-state index contributed by atoms with van der Waals surface area (Å²) in [5.41, 5.74) is -0.173. The van der Waals surface area contributed by atoms with Gasteiger partial charge in [-0.05, 0) is 12.1 Å². The molecule has 1 aliphatic heterocycles. The molecule has 5 nitrogen and oxygen atoms in total. The number of ether oxygens (including phenoxy) is 2. The number of hydrogen-bond donors (Lipinski definition) is 2. The fraction of sp³-hybridized carbons (Fsp3) is 0.278. The number of fused-ring (bicyclic) bond motifs is 1. The third-order valence-electron chi connectivity index (χ3n) is 3.87. The molecule has 0 aromatic heterocycles. The molecule has 0 atom stereocenters. The average Bonchev–Trinajstić information content (AvgIpc) is 2.90. The van der Waals surface area contributed by atoms with Crippen molar-refractivity contribution in [2.45, 2.75) is 13.0 Å². The van der Waals surface area contributed by atoms with E-state index in [2.05, 4.69) is 15.6 Å². The van der Waals surface area contributed by atoms with Gasteiger partial charge < -0.3 is 20.1 Å². The molecule has 10 heteroatoms. The van der Waals surface area contributed by atoms with Crippen molar-refractivity contribution in [3.63, 3.8) is 0 Å². The molecule has 0 saturated heterocycles. The van der Waals surface area contributed by atoms with E-state index in [9.17, 15) is 17.6 Å². The highest BCUT2D eigenvalue weighted by Crippen LogP contribution is 2.32. The van der Waals surface area contributed by atoms with Crippen LogP contribution in [0.5, 0.6) is 11.5 Å². The normalized spacial score (nSPS) is 13.4. The van der Waals surface area contributed by atoms with Gasteiger partial charge in [-0.25, -0.2) is 17.6 Å². The van der Waals surface area contributed by atoms with Crippen LogP contribution in [0.15, 0.2) is 29.3 Å². The Morgan fingerprint density at radius 2 is 1.64 bits per heavy atom. The Balaban J connectivity index is 0.00000280. The number of aliphatic imine (C=N–C) groups is 1. The van der Waals surface area contributed by atoms with Gasteiger partial charge in [0.05, 0.1) is 13.2 Å². The summed E-state index contributed by atoms with van der Waals surface area (Å²) in [7, 11) is 1.44. The fourth-order valence-corrected chi connectivity index (χ4v) is 2.51. The first-order valence-electron chi connectivity index (χ1n) is 8.18. The summed E-state index contributed by atoms with van der Waals surface area (Å²) in [6.45, 7) is 0.577. The van der Waals surface area contributed by atoms with Gasteiger partial charge in [0, 0.05) is 43.4 Å². The molecule has 152 valence electrons. The van der Waals surface area contributed by atoms with Gasteiger partial charge >= 0.3 is 0 Å². The van der Waals surface area contributed by atoms with Crippen LogP contribution in [0, 0.1) is 23.3 Å². The predicted molar refractivity (Wildman–Crippen MR) is 108 cm³/mol. The first-order valence-corrected chi connectivity index (χ1v) is 8.18. The Kier molecular flexibility index (Phi) is 7.72. The zero-order chi connectivity index (χ0) is 19.4. The zero-order valence-electron chi connectivity index (χ0n) is 14.8. The molecular formula is C18H18F4IN3O2. The minimum Gasteiger partial charge on any atom is -0.490 e. The standard InChI is InChI=1S/C18H17F4N3O2.HI/c1-23-18(24-9-11-16(21)12(19)8-13(20)17(11)22)25-10-3-4-14-15(7-10)27-6-2-5-26-14;/h3-4,7-8H,2,5-6,9H2,1H3,(H2,23,24,25);1H. The van der Waals surface area contributed by atoms with Crippen LogP contribution in [0.1, 0.15) is 12.0 Å². The van der Waals surface area contributed by atoms with Crippen LogP contribution in [0.3, 0.4) is 0 Å². The van der Waals surface area contributed by atoms with Gasteiger partial charge in [-0.3, -0.25) is 4.99 Å². The summed E-state index contributed by atoms with van der Waals surface area (Å²) < 4.78 is 65.2. The van der Waals surface area contributed by atoms with E-state index in [0.717, 1.165) is 6.42 Å². The maximum atomic E-state index is 13.7. The van der Waals surface area contributed by atoms with Crippen molar-refractivity contribution in [2.75, 3.05) is 25.6 Å². The molecule has 1 aliphatic rings. The van der Waals surface area contributed by atoms with Crippen molar-refractivity contribution in [2.24, 2.45) is 4.99 Å². The van der Waals surface area contributed by atoms with Gasteiger partial charge in [-0.1, -0.05) is 0 Å². The fourth-order valence-electron chi connectivity index (χ4n) is 2.51. The molecule has 0 aliphatic carbocycles. The van der Waals surface area contributed by atoms with Crippen LogP contribution in [0.4, 0.5) is 23.2 Å². The first-order chi connectivity index (χ1) is 13.0. The van der Waals surface area contributed by atoms with Crippen LogP contribution in [-0.4, -0.2) is 26.2 Å². The lowest BCUT2D eigenvalue weighted by atomic mass is 10.2. The van der Waals surface area contributed by atoms with Crippen LogP contribution in [0.2, 0.25) is 0 Å². The molecule has 2 aromatic carbocycles. The maximum absolute atomic E-state index is 13.7. The molecule has 0 saturated carbocycles. The Bertz CT molecular complexity index is 854. The SMILES string of the molecule is CN=C(NCc1c(F)c(F)cc(F)c1F)Nc1ccc2c(c1)OCCCO2.I. The van der Waals surface area contributed by atoms with Gasteiger partial charge in [-0.15, -0.1) is 24.0 Å². The molecule has 0 fully saturated rings. The van der Waals surface area contributed by atoms with E-state index in [4.69, 9.17) is 9.47 Å². The van der Waals surface area contributed by atoms with Crippen molar-refractivity contribution >= 4 is 35.6 Å². The van der Waals surface area contributed by atoms with Crippen LogP contribution in [0.25, 0.3) is 0 Å². The molecule has 1 heterocycles. The average molecular weight is 511 g/mol. The van der Waals surface area contributed by atoms with Crippen molar-refractivity contribution in [1.82, 2.24) is 5.32 Å². The van der Waals surface area contributed by atoms with Gasteiger partial charge in [0.1, 0.15) is 0 Å². The molecule has 2 aromatic rings. The summed E-state index contributed by atoms with van der Waals surface area (Å²) in [5, 5.41) is 5.52. The van der Waals surface area contributed by atoms with E-state index in [1.807, 2.05) is 0 Å². The molecule has 3 rings (SSSR count). The van der Waals surface area contributed by atoms with Crippen molar-refractivity contribution < 1.29 is 27.0 Å². The smallest absolute Gasteiger partial charge is 0.195 e. The Morgan fingerprint density at radius 3 is 2.29 bits per heavy atom. The van der Waals surface area contributed by atoms with Crippen molar-refractivity contribution in [3.05, 3.63) is 53.1 Å². The first kappa shape index (κ1) is 22.1. The molecule has 28 heavy (non-hydrogen) atoms. The number of rotatable bonds is 3. The molecule has 0 radical (unpaired) electrons. The molecule has 0 unspecified atom stereocenters. The molecule has 0 spiro atoms. The van der Waals surface area contributed by atoms with E-state index in [1.54, 1.807) is 18.2 Å². The summed E-state index contributed by atoms with van der Waals surface area (Å²) in [6.07, 6.45) is 0.766. The lowest BCUT2D eigenvalue weighted by molar-refractivity contribution is 0.297. The number of benzene rings is 2. The largest absolute Gasteiger partial charge is 0.490 e. The molecule has 0 amide bonds. The van der Waals surface area contributed by atoms with E-state index in [1.165, 1.54) is 7.05 Å². The van der Waals surface area contributed by atoms with E-state index < -0.39 is 35.4 Å². The second-order valence-electron chi connectivity index (χ2n) is 5.71. The van der Waals surface area contributed by atoms with Crippen molar-refractivity contribution in [3.8, 4) is 11.5 Å². The highest BCUT2D eigenvalue weighted by atomic mass is 127. The van der Waals surface area contributed by atoms with Gasteiger partial charge in [0.25, 0.3) is 0 Å². The zero-order valence-corrected chi connectivity index (χ0v) is 17.2. The van der Waals surface area contributed by atoms with Gasteiger partial charge in [-0.2, -0.15) is 0 Å². The second kappa shape index (κ2) is 9.80. The Morgan fingerprint density at radius 1 is 1.00 bits per heavy atom. The third kappa shape index (κ3) is 4.97. The topological polar surface area (TPSA) is 54.9 Å². The molecule has 0 bridgehead atoms. The Labute approximate surface area is 176 Å². The molecular weight excluding hydrogens is 493 g/mol. The maximum Gasteiger partial charge on any atom is 0.195 e. The predicted octanol–water partition coefficient (Wildman–Crippen LogP) is 4.21. The summed E-state index contributed by atoms with van der Waals surface area (Å²) in [4.78, 5) is 3.92. The number of nitrogens with zero attached hydrogens (tertiary/aromatic N) is 1. The van der Waals surface area contributed by atoms with Gasteiger partial charge in [0.15, 0.2) is 40.7 Å². The number of guanidine groups is 1. The number of anilines is 1. The third-order valence-corrected chi connectivity index (χ3v) is 3.87. The second-order valence-corrected chi connectivity index (χ2v) is 5.71. The van der Waals surface area contributed by atoms with Crippen LogP contribution >= 0.6 is 24.0 Å². The highest BCUT2D eigenvalue weighted by molar-refractivity contribution is 14.0. The minimum atomic E-state index is -1.46.